The molecule has 1 amide bonds. The number of carbonyl (C=O) groups is 1. The zero-order valence-corrected chi connectivity index (χ0v) is 10.9. The highest BCUT2D eigenvalue weighted by Gasteiger charge is 2.19. The Morgan fingerprint density at radius 2 is 1.94 bits per heavy atom. The number of nitrogens with two attached hydrogens (primary N) is 1. The van der Waals surface area contributed by atoms with Gasteiger partial charge in [0.05, 0.1) is 11.3 Å². The van der Waals surface area contributed by atoms with Crippen molar-refractivity contribution in [2.75, 3.05) is 50.9 Å². The number of anilines is 2. The summed E-state index contributed by atoms with van der Waals surface area (Å²) in [6.45, 7) is 3.85. The van der Waals surface area contributed by atoms with E-state index in [0.717, 1.165) is 31.9 Å². The summed E-state index contributed by atoms with van der Waals surface area (Å²) in [5.74, 6) is -0.0658. The lowest BCUT2D eigenvalue weighted by molar-refractivity contribution is 0.0963. The molecule has 5 nitrogen and oxygen atoms in total. The lowest BCUT2D eigenvalue weighted by Crippen LogP contribution is -2.45. The van der Waals surface area contributed by atoms with Gasteiger partial charge in [-0.3, -0.25) is 4.79 Å². The Kier molecular flexibility index (Phi) is 3.72. The molecule has 3 N–H and O–H groups in total. The van der Waals surface area contributed by atoms with Crippen molar-refractivity contribution in [1.29, 1.82) is 0 Å². The van der Waals surface area contributed by atoms with Crippen molar-refractivity contribution in [2.24, 2.45) is 0 Å². The molecule has 0 spiro atoms. The molecule has 18 heavy (non-hydrogen) atoms. The zero-order chi connectivity index (χ0) is 13.1. The molecule has 1 aliphatic heterocycles. The highest BCUT2D eigenvalue weighted by Crippen LogP contribution is 2.24. The molecule has 2 rings (SSSR count). The highest BCUT2D eigenvalue weighted by atomic mass is 16.1. The molecule has 1 saturated heterocycles. The minimum atomic E-state index is -0.0658. The summed E-state index contributed by atoms with van der Waals surface area (Å²) in [4.78, 5) is 16.4. The summed E-state index contributed by atoms with van der Waals surface area (Å²) in [6.07, 6.45) is 0. The molecule has 1 aromatic rings. The van der Waals surface area contributed by atoms with Gasteiger partial charge in [0.1, 0.15) is 0 Å². The van der Waals surface area contributed by atoms with Crippen molar-refractivity contribution < 1.29 is 4.79 Å². The minimum Gasteiger partial charge on any atom is -0.399 e. The van der Waals surface area contributed by atoms with Crippen LogP contribution in [0.2, 0.25) is 0 Å². The molecule has 0 unspecified atom stereocenters. The molecule has 0 aliphatic carbocycles. The molecule has 0 radical (unpaired) electrons. The molecule has 0 aromatic heterocycles. The maximum atomic E-state index is 11.9. The van der Waals surface area contributed by atoms with Crippen molar-refractivity contribution in [1.82, 2.24) is 10.2 Å². The largest absolute Gasteiger partial charge is 0.399 e. The molecule has 1 aromatic carbocycles. The molecule has 0 saturated carbocycles. The lowest BCUT2D eigenvalue weighted by Gasteiger charge is -2.35. The average Bonchev–Trinajstić information content (AvgIpc) is 2.38. The molecule has 0 atom stereocenters. The Morgan fingerprint density at radius 1 is 1.28 bits per heavy atom. The molecular formula is C13H20N4O. The predicted molar refractivity (Wildman–Crippen MR) is 74.0 cm³/mol. The van der Waals surface area contributed by atoms with E-state index in [4.69, 9.17) is 5.73 Å². The number of piperazine rings is 1. The van der Waals surface area contributed by atoms with Gasteiger partial charge >= 0.3 is 0 Å². The fraction of sp³-hybridized carbons (Fsp3) is 0.462. The third-order valence-corrected chi connectivity index (χ3v) is 3.34. The quantitative estimate of drug-likeness (QED) is 0.743. The van der Waals surface area contributed by atoms with Crippen LogP contribution in [0.15, 0.2) is 18.2 Å². The minimum absolute atomic E-state index is 0.0658. The topological polar surface area (TPSA) is 61.6 Å². The second kappa shape index (κ2) is 5.27. The molecule has 98 valence electrons. The summed E-state index contributed by atoms with van der Waals surface area (Å²) < 4.78 is 0. The molecule has 1 fully saturated rings. The zero-order valence-electron chi connectivity index (χ0n) is 10.9. The smallest absolute Gasteiger partial charge is 0.253 e. The highest BCUT2D eigenvalue weighted by molar-refractivity contribution is 6.00. The van der Waals surface area contributed by atoms with Crippen molar-refractivity contribution >= 4 is 17.3 Å². The Bertz CT molecular complexity index is 439. The van der Waals surface area contributed by atoms with E-state index in [9.17, 15) is 4.79 Å². The first-order chi connectivity index (χ1) is 8.61. The lowest BCUT2D eigenvalue weighted by atomic mass is 10.1. The third-order valence-electron chi connectivity index (χ3n) is 3.34. The van der Waals surface area contributed by atoms with Crippen LogP contribution in [-0.4, -0.2) is 51.1 Å². The van der Waals surface area contributed by atoms with Gasteiger partial charge in [-0.15, -0.1) is 0 Å². The van der Waals surface area contributed by atoms with Crippen LogP contribution in [0.5, 0.6) is 0 Å². The van der Waals surface area contributed by atoms with Gasteiger partial charge in [-0.1, -0.05) is 0 Å². The summed E-state index contributed by atoms with van der Waals surface area (Å²) >= 11 is 0. The monoisotopic (exact) mass is 248 g/mol. The number of hydrogen-bond donors (Lipinski definition) is 2. The summed E-state index contributed by atoms with van der Waals surface area (Å²) in [7, 11) is 3.75. The first-order valence-corrected chi connectivity index (χ1v) is 6.17. The SMILES string of the molecule is CNC(=O)c1ccc(N)cc1N1CCN(C)CC1. The van der Waals surface area contributed by atoms with Crippen LogP contribution in [0, 0.1) is 0 Å². The Morgan fingerprint density at radius 3 is 2.56 bits per heavy atom. The van der Waals surface area contributed by atoms with Crippen LogP contribution in [0.1, 0.15) is 10.4 Å². The number of carbonyl (C=O) groups excluding carboxylic acids is 1. The number of likely N-dealkylation sites (N-methyl/N-ethyl adjacent to an activating group) is 1. The fourth-order valence-corrected chi connectivity index (χ4v) is 2.18. The molecule has 1 aliphatic rings. The van der Waals surface area contributed by atoms with E-state index in [1.165, 1.54) is 0 Å². The molecule has 1 heterocycles. The van der Waals surface area contributed by atoms with Crippen LogP contribution in [0.25, 0.3) is 0 Å². The van der Waals surface area contributed by atoms with E-state index in [1.807, 2.05) is 6.07 Å². The third kappa shape index (κ3) is 2.56. The maximum absolute atomic E-state index is 11.9. The summed E-state index contributed by atoms with van der Waals surface area (Å²) in [5.41, 5.74) is 8.15. The van der Waals surface area contributed by atoms with Gasteiger partial charge in [0.2, 0.25) is 0 Å². The van der Waals surface area contributed by atoms with Gasteiger partial charge in [0.15, 0.2) is 0 Å². The van der Waals surface area contributed by atoms with E-state index in [2.05, 4.69) is 22.2 Å². The van der Waals surface area contributed by atoms with E-state index < -0.39 is 0 Å². The van der Waals surface area contributed by atoms with Crippen LogP contribution >= 0.6 is 0 Å². The van der Waals surface area contributed by atoms with Gasteiger partial charge in [-0.05, 0) is 25.2 Å². The van der Waals surface area contributed by atoms with Crippen molar-refractivity contribution in [3.63, 3.8) is 0 Å². The number of nitrogens with one attached hydrogen (secondary N) is 1. The Hall–Kier alpha value is -1.75. The van der Waals surface area contributed by atoms with Gasteiger partial charge in [-0.25, -0.2) is 0 Å². The van der Waals surface area contributed by atoms with Crippen LogP contribution in [-0.2, 0) is 0 Å². The number of amides is 1. The van der Waals surface area contributed by atoms with Crippen LogP contribution < -0.4 is 16.0 Å². The van der Waals surface area contributed by atoms with Gasteiger partial charge < -0.3 is 20.9 Å². The number of hydrogen-bond acceptors (Lipinski definition) is 4. The predicted octanol–water partition coefficient (Wildman–Crippen LogP) is 0.380. The van der Waals surface area contributed by atoms with Gasteiger partial charge in [0, 0.05) is 38.9 Å². The fourth-order valence-electron chi connectivity index (χ4n) is 2.18. The first-order valence-electron chi connectivity index (χ1n) is 6.17. The molecule has 5 heteroatoms. The van der Waals surface area contributed by atoms with Crippen molar-refractivity contribution in [3.8, 4) is 0 Å². The number of nitrogens with zero attached hydrogens (tertiary/aromatic N) is 2. The number of benzene rings is 1. The van der Waals surface area contributed by atoms with E-state index >= 15 is 0 Å². The molecule has 0 bridgehead atoms. The normalized spacial score (nSPS) is 16.7. The van der Waals surface area contributed by atoms with Crippen LogP contribution in [0.3, 0.4) is 0 Å². The second-order valence-corrected chi connectivity index (χ2v) is 4.65. The van der Waals surface area contributed by atoms with Crippen LogP contribution in [0.4, 0.5) is 11.4 Å². The van der Waals surface area contributed by atoms with Crippen molar-refractivity contribution in [3.05, 3.63) is 23.8 Å². The maximum Gasteiger partial charge on any atom is 0.253 e. The first kappa shape index (κ1) is 12.7. The molecular weight excluding hydrogens is 228 g/mol. The van der Waals surface area contributed by atoms with Gasteiger partial charge in [-0.2, -0.15) is 0 Å². The van der Waals surface area contributed by atoms with Crippen molar-refractivity contribution in [2.45, 2.75) is 0 Å². The number of nitrogen functional groups attached to an aromatic ring is 1. The summed E-state index contributed by atoms with van der Waals surface area (Å²) in [5, 5.41) is 2.67. The van der Waals surface area contributed by atoms with E-state index in [1.54, 1.807) is 19.2 Å². The van der Waals surface area contributed by atoms with E-state index in [-0.39, 0.29) is 5.91 Å². The van der Waals surface area contributed by atoms with Gasteiger partial charge in [0.25, 0.3) is 5.91 Å². The Balaban J connectivity index is 2.30. The average molecular weight is 248 g/mol. The summed E-state index contributed by atoms with van der Waals surface area (Å²) in [6, 6.07) is 5.45. The second-order valence-electron chi connectivity index (χ2n) is 4.65. The Labute approximate surface area is 108 Å². The standard InChI is InChI=1S/C13H20N4O/c1-15-13(18)11-4-3-10(14)9-12(11)17-7-5-16(2)6-8-17/h3-4,9H,5-8,14H2,1-2H3,(H,15,18). The number of rotatable bonds is 2. The van der Waals surface area contributed by atoms with E-state index in [0.29, 0.717) is 11.3 Å².